The highest BCUT2D eigenvalue weighted by Crippen LogP contribution is 2.11. The Bertz CT molecular complexity index is 811. The van der Waals surface area contributed by atoms with Crippen LogP contribution in [0.5, 0.6) is 5.75 Å². The number of aliphatic imine (C=N–C) groups is 1. The monoisotopic (exact) mass is 400 g/mol. The summed E-state index contributed by atoms with van der Waals surface area (Å²) in [6.07, 6.45) is 0.896. The minimum absolute atomic E-state index is 0.00779. The maximum absolute atomic E-state index is 11.9. The van der Waals surface area contributed by atoms with Crippen LogP contribution in [0.1, 0.15) is 23.4 Å². The molecule has 158 valence electrons. The van der Waals surface area contributed by atoms with Gasteiger partial charge in [-0.25, -0.2) is 4.99 Å². The van der Waals surface area contributed by atoms with Gasteiger partial charge in [0.25, 0.3) is 0 Å². The van der Waals surface area contributed by atoms with Crippen molar-refractivity contribution in [1.29, 1.82) is 0 Å². The minimum atomic E-state index is -0.00779. The number of hydrogen-bond acceptors (Lipinski definition) is 4. The summed E-state index contributed by atoms with van der Waals surface area (Å²) in [5.74, 6) is 1.42. The smallest absolute Gasteiger partial charge is 0.241 e. The van der Waals surface area contributed by atoms with Gasteiger partial charge in [0, 0.05) is 32.9 Å². The van der Waals surface area contributed by atoms with Gasteiger partial charge < -0.3 is 20.3 Å². The second-order valence-electron chi connectivity index (χ2n) is 7.09. The molecule has 0 aliphatic heterocycles. The Morgan fingerprint density at radius 2 is 1.93 bits per heavy atom. The number of carbonyl (C=O) groups is 1. The highest BCUT2D eigenvalue weighted by Gasteiger charge is 2.06. The lowest BCUT2D eigenvalue weighted by Gasteiger charge is -2.15. The summed E-state index contributed by atoms with van der Waals surface area (Å²) in [5, 5.41) is 10.9. The summed E-state index contributed by atoms with van der Waals surface area (Å²) in [6.45, 7) is 6.31. The molecule has 0 aliphatic rings. The van der Waals surface area contributed by atoms with Crippen LogP contribution in [0.15, 0.2) is 35.3 Å². The van der Waals surface area contributed by atoms with Crippen LogP contribution in [0.4, 0.5) is 0 Å². The van der Waals surface area contributed by atoms with Gasteiger partial charge in [0.1, 0.15) is 5.75 Å². The molecule has 0 saturated carbocycles. The highest BCUT2D eigenvalue weighted by atomic mass is 16.5. The Hall–Kier alpha value is -3.03. The molecule has 0 fully saturated rings. The molecule has 0 bridgehead atoms. The quantitative estimate of drug-likeness (QED) is 0.380. The number of ether oxygens (including phenoxy) is 1. The molecule has 8 nitrogen and oxygen atoms in total. The van der Waals surface area contributed by atoms with Crippen LogP contribution < -0.4 is 15.4 Å². The third-order valence-corrected chi connectivity index (χ3v) is 4.43. The number of rotatable bonds is 9. The predicted molar refractivity (Wildman–Crippen MR) is 115 cm³/mol. The van der Waals surface area contributed by atoms with Crippen molar-refractivity contribution in [3.63, 3.8) is 0 Å². The number of amides is 1. The van der Waals surface area contributed by atoms with E-state index in [0.717, 1.165) is 42.2 Å². The molecule has 2 aromatic rings. The van der Waals surface area contributed by atoms with Crippen LogP contribution in [0.25, 0.3) is 0 Å². The van der Waals surface area contributed by atoms with Crippen molar-refractivity contribution in [2.24, 2.45) is 4.99 Å². The largest absolute Gasteiger partial charge is 0.497 e. The summed E-state index contributed by atoms with van der Waals surface area (Å²) in [7, 11) is 5.12. The highest BCUT2D eigenvalue weighted by molar-refractivity contribution is 5.86. The molecule has 0 unspecified atom stereocenters. The number of aromatic nitrogens is 2. The maximum atomic E-state index is 11.9. The first-order chi connectivity index (χ1) is 13.9. The number of nitrogens with one attached hydrogen (secondary N) is 2. The van der Waals surface area contributed by atoms with Gasteiger partial charge >= 0.3 is 0 Å². The topological polar surface area (TPSA) is 83.8 Å². The van der Waals surface area contributed by atoms with Gasteiger partial charge in [-0.05, 0) is 44.0 Å². The van der Waals surface area contributed by atoms with E-state index in [1.54, 1.807) is 26.1 Å². The third kappa shape index (κ3) is 7.48. The fourth-order valence-electron chi connectivity index (χ4n) is 2.73. The molecule has 2 rings (SSSR count). The van der Waals surface area contributed by atoms with Crippen molar-refractivity contribution < 1.29 is 9.53 Å². The Balaban J connectivity index is 1.91. The molecule has 1 aromatic heterocycles. The van der Waals surface area contributed by atoms with Gasteiger partial charge in [-0.15, -0.1) is 0 Å². The number of aryl methyl sites for hydroxylation is 3. The van der Waals surface area contributed by atoms with Gasteiger partial charge in [0.15, 0.2) is 5.96 Å². The van der Waals surface area contributed by atoms with E-state index in [0.29, 0.717) is 12.5 Å². The van der Waals surface area contributed by atoms with E-state index in [4.69, 9.17) is 4.74 Å². The van der Waals surface area contributed by atoms with Gasteiger partial charge in [-0.3, -0.25) is 9.48 Å². The van der Waals surface area contributed by atoms with Crippen LogP contribution in [0, 0.1) is 13.8 Å². The molecular formula is C21H32N6O2. The van der Waals surface area contributed by atoms with Gasteiger partial charge in [-0.2, -0.15) is 5.10 Å². The van der Waals surface area contributed by atoms with Crippen molar-refractivity contribution in [2.75, 3.05) is 34.3 Å². The van der Waals surface area contributed by atoms with Crippen molar-refractivity contribution in [2.45, 2.75) is 33.4 Å². The molecule has 0 radical (unpaired) electrons. The fraction of sp³-hybridized carbons (Fsp3) is 0.476. The zero-order valence-corrected chi connectivity index (χ0v) is 18.0. The zero-order chi connectivity index (χ0) is 21.2. The standard InChI is InChI=1S/C21H32N6O2/c1-16-13-17(2)27(25-16)12-6-11-22-21(24-15-20(28)26(3)4)23-14-18-7-9-19(29-5)10-8-18/h7-10,13H,6,11-12,14-15H2,1-5H3,(H2,22,23,24). The molecule has 29 heavy (non-hydrogen) atoms. The average molecular weight is 401 g/mol. The molecule has 2 N–H and O–H groups in total. The predicted octanol–water partition coefficient (Wildman–Crippen LogP) is 1.72. The number of nitrogens with zero attached hydrogens (tertiary/aromatic N) is 4. The van der Waals surface area contributed by atoms with E-state index in [9.17, 15) is 4.79 Å². The average Bonchev–Trinajstić information content (AvgIpc) is 3.03. The molecule has 0 aliphatic carbocycles. The first kappa shape index (κ1) is 22.3. The molecule has 1 heterocycles. The van der Waals surface area contributed by atoms with Crippen LogP contribution in [-0.2, 0) is 17.9 Å². The fourth-order valence-corrected chi connectivity index (χ4v) is 2.73. The van der Waals surface area contributed by atoms with E-state index < -0.39 is 0 Å². The molecule has 1 aromatic carbocycles. The Morgan fingerprint density at radius 1 is 1.21 bits per heavy atom. The van der Waals surface area contributed by atoms with Crippen LogP contribution in [-0.4, -0.2) is 60.8 Å². The SMILES string of the molecule is COc1ccc(CN=C(NCCCn2nc(C)cc2C)NCC(=O)N(C)C)cc1. The van der Waals surface area contributed by atoms with Crippen LogP contribution in [0.3, 0.4) is 0 Å². The molecule has 8 heteroatoms. The van der Waals surface area contributed by atoms with Crippen molar-refractivity contribution in [1.82, 2.24) is 25.3 Å². The van der Waals surface area contributed by atoms with E-state index >= 15 is 0 Å². The molecule has 1 amide bonds. The summed E-state index contributed by atoms with van der Waals surface area (Å²) < 4.78 is 7.19. The lowest BCUT2D eigenvalue weighted by Crippen LogP contribution is -2.43. The van der Waals surface area contributed by atoms with E-state index in [1.807, 2.05) is 35.9 Å². The number of likely N-dealkylation sites (N-methyl/N-ethyl adjacent to an activating group) is 1. The minimum Gasteiger partial charge on any atom is -0.497 e. The van der Waals surface area contributed by atoms with Crippen molar-refractivity contribution >= 4 is 11.9 Å². The third-order valence-electron chi connectivity index (χ3n) is 4.43. The van der Waals surface area contributed by atoms with E-state index in [-0.39, 0.29) is 12.5 Å². The molecule has 0 spiro atoms. The maximum Gasteiger partial charge on any atom is 0.241 e. The summed E-state index contributed by atoms with van der Waals surface area (Å²) in [5.41, 5.74) is 3.25. The van der Waals surface area contributed by atoms with Gasteiger partial charge in [0.05, 0.1) is 25.9 Å². The Morgan fingerprint density at radius 3 is 2.52 bits per heavy atom. The molecule has 0 saturated heterocycles. The van der Waals surface area contributed by atoms with E-state index in [1.165, 1.54) is 0 Å². The number of guanidine groups is 1. The molecule has 0 atom stereocenters. The van der Waals surface area contributed by atoms with Crippen LogP contribution in [0.2, 0.25) is 0 Å². The first-order valence-electron chi connectivity index (χ1n) is 9.75. The zero-order valence-electron chi connectivity index (χ0n) is 18.0. The van der Waals surface area contributed by atoms with Crippen molar-refractivity contribution in [3.05, 3.63) is 47.3 Å². The number of carbonyl (C=O) groups excluding carboxylic acids is 1. The van der Waals surface area contributed by atoms with Crippen LogP contribution >= 0.6 is 0 Å². The van der Waals surface area contributed by atoms with Crippen molar-refractivity contribution in [3.8, 4) is 5.75 Å². The first-order valence-corrected chi connectivity index (χ1v) is 9.75. The summed E-state index contributed by atoms with van der Waals surface area (Å²) >= 11 is 0. The Kier molecular flexibility index (Phi) is 8.51. The summed E-state index contributed by atoms with van der Waals surface area (Å²) in [4.78, 5) is 18.1. The lowest BCUT2D eigenvalue weighted by molar-refractivity contribution is -0.127. The van der Waals surface area contributed by atoms with Gasteiger partial charge in [-0.1, -0.05) is 12.1 Å². The second kappa shape index (κ2) is 11.1. The normalized spacial score (nSPS) is 11.3. The number of benzene rings is 1. The van der Waals surface area contributed by atoms with Gasteiger partial charge in [0.2, 0.25) is 5.91 Å². The van der Waals surface area contributed by atoms with E-state index in [2.05, 4.69) is 33.7 Å². The Labute approximate surface area is 173 Å². The number of methoxy groups -OCH3 is 1. The second-order valence-corrected chi connectivity index (χ2v) is 7.09. The molecular weight excluding hydrogens is 368 g/mol. The number of hydrogen-bond donors (Lipinski definition) is 2. The lowest BCUT2D eigenvalue weighted by atomic mass is 10.2. The summed E-state index contributed by atoms with van der Waals surface area (Å²) in [6, 6.07) is 9.86.